The average Bonchev–Trinajstić information content (AvgIpc) is 2.36. The minimum atomic E-state index is -1.04. The molecule has 0 aromatic heterocycles. The van der Waals surface area contributed by atoms with Crippen LogP contribution in [-0.4, -0.2) is 15.8 Å². The number of hydrogen-bond donors (Lipinski definition) is 2. The molecule has 1 aliphatic carbocycles. The normalized spacial score (nSPS) is 30.2. The fourth-order valence-electron chi connectivity index (χ4n) is 2.53. The maximum absolute atomic E-state index is 10.5. The van der Waals surface area contributed by atoms with Crippen molar-refractivity contribution in [2.75, 3.05) is 0 Å². The largest absolute Gasteiger partial charge is 0.387 e. The number of rotatable bonds is 2. The molecule has 2 rings (SSSR count). The Labute approximate surface area is 118 Å². The first kappa shape index (κ1) is 14.1. The van der Waals surface area contributed by atoms with Gasteiger partial charge in [-0.3, -0.25) is 0 Å². The Kier molecular flexibility index (Phi) is 4.22. The summed E-state index contributed by atoms with van der Waals surface area (Å²) in [7, 11) is 0. The van der Waals surface area contributed by atoms with Crippen molar-refractivity contribution in [2.24, 2.45) is 5.92 Å². The van der Waals surface area contributed by atoms with Crippen LogP contribution in [0.2, 0.25) is 10.0 Å². The molecule has 0 radical (unpaired) electrons. The highest BCUT2D eigenvalue weighted by Crippen LogP contribution is 2.41. The molecule has 4 heteroatoms. The highest BCUT2D eigenvalue weighted by atomic mass is 35.5. The molecule has 18 heavy (non-hydrogen) atoms. The van der Waals surface area contributed by atoms with E-state index < -0.39 is 11.7 Å². The summed E-state index contributed by atoms with van der Waals surface area (Å²) in [5.74, 6) is 0.617. The summed E-state index contributed by atoms with van der Waals surface area (Å²) in [5.41, 5.74) is -0.412. The van der Waals surface area contributed by atoms with E-state index in [4.69, 9.17) is 23.2 Å². The number of aliphatic hydroxyl groups excluding tert-OH is 1. The molecule has 2 N–H and O–H groups in total. The summed E-state index contributed by atoms with van der Waals surface area (Å²) in [4.78, 5) is 0. The van der Waals surface area contributed by atoms with Crippen LogP contribution in [0.1, 0.15) is 44.3 Å². The molecule has 1 aromatic rings. The quantitative estimate of drug-likeness (QED) is 0.865. The SMILES string of the molecule is CC1CCC(O)(C(O)c2ccc(Cl)c(Cl)c2)CC1. The van der Waals surface area contributed by atoms with Crippen LogP contribution in [0.3, 0.4) is 0 Å². The van der Waals surface area contributed by atoms with E-state index in [2.05, 4.69) is 6.92 Å². The lowest BCUT2D eigenvalue weighted by molar-refractivity contribution is -0.105. The summed E-state index contributed by atoms with van der Waals surface area (Å²) in [5, 5.41) is 21.8. The smallest absolute Gasteiger partial charge is 0.108 e. The van der Waals surface area contributed by atoms with E-state index in [1.807, 2.05) is 0 Å². The lowest BCUT2D eigenvalue weighted by Crippen LogP contribution is -2.39. The fourth-order valence-corrected chi connectivity index (χ4v) is 2.83. The monoisotopic (exact) mass is 288 g/mol. The molecule has 0 saturated heterocycles. The van der Waals surface area contributed by atoms with Gasteiger partial charge in [-0.1, -0.05) is 36.2 Å². The Morgan fingerprint density at radius 2 is 1.83 bits per heavy atom. The first-order valence-electron chi connectivity index (χ1n) is 6.28. The average molecular weight is 289 g/mol. The number of benzene rings is 1. The fraction of sp³-hybridized carbons (Fsp3) is 0.571. The summed E-state index contributed by atoms with van der Waals surface area (Å²) >= 11 is 11.8. The van der Waals surface area contributed by atoms with Gasteiger partial charge < -0.3 is 10.2 Å². The molecule has 1 atom stereocenters. The zero-order valence-electron chi connectivity index (χ0n) is 10.4. The Morgan fingerprint density at radius 1 is 1.22 bits per heavy atom. The highest BCUT2D eigenvalue weighted by molar-refractivity contribution is 6.42. The van der Waals surface area contributed by atoms with Gasteiger partial charge in [-0.2, -0.15) is 0 Å². The van der Waals surface area contributed by atoms with Crippen molar-refractivity contribution in [3.8, 4) is 0 Å². The first-order chi connectivity index (χ1) is 8.42. The first-order valence-corrected chi connectivity index (χ1v) is 7.03. The summed E-state index contributed by atoms with van der Waals surface area (Å²) < 4.78 is 0. The molecule has 100 valence electrons. The van der Waals surface area contributed by atoms with Crippen molar-refractivity contribution < 1.29 is 10.2 Å². The van der Waals surface area contributed by atoms with Crippen molar-refractivity contribution in [1.29, 1.82) is 0 Å². The molecule has 0 aliphatic heterocycles. The molecule has 0 amide bonds. The summed E-state index contributed by atoms with van der Waals surface area (Å²) in [6.45, 7) is 2.17. The molecule has 0 spiro atoms. The third kappa shape index (κ3) is 2.83. The van der Waals surface area contributed by atoms with Crippen LogP contribution in [0.15, 0.2) is 18.2 Å². The summed E-state index contributed by atoms with van der Waals surface area (Å²) in [6.07, 6.45) is 2.22. The molecule has 2 nitrogen and oxygen atoms in total. The minimum Gasteiger partial charge on any atom is -0.387 e. The van der Waals surface area contributed by atoms with Gasteiger partial charge in [0, 0.05) is 0 Å². The van der Waals surface area contributed by atoms with Crippen molar-refractivity contribution in [1.82, 2.24) is 0 Å². The van der Waals surface area contributed by atoms with Crippen molar-refractivity contribution in [3.63, 3.8) is 0 Å². The van der Waals surface area contributed by atoms with E-state index in [0.29, 0.717) is 34.4 Å². The van der Waals surface area contributed by atoms with E-state index >= 15 is 0 Å². The second-order valence-electron chi connectivity index (χ2n) is 5.36. The van der Waals surface area contributed by atoms with Gasteiger partial charge in [-0.15, -0.1) is 0 Å². The van der Waals surface area contributed by atoms with Crippen LogP contribution < -0.4 is 0 Å². The molecule has 0 bridgehead atoms. The lowest BCUT2D eigenvalue weighted by atomic mass is 9.75. The summed E-state index contributed by atoms with van der Waals surface area (Å²) in [6, 6.07) is 5.00. The predicted octanol–water partition coefficient (Wildman–Crippen LogP) is 3.97. The molecule has 1 fully saturated rings. The lowest BCUT2D eigenvalue weighted by Gasteiger charge is -2.38. The van der Waals surface area contributed by atoms with Crippen LogP contribution in [0.4, 0.5) is 0 Å². The second-order valence-corrected chi connectivity index (χ2v) is 6.18. The van der Waals surface area contributed by atoms with E-state index in [1.165, 1.54) is 0 Å². The number of hydrogen-bond acceptors (Lipinski definition) is 2. The van der Waals surface area contributed by atoms with Gasteiger partial charge in [0.1, 0.15) is 6.10 Å². The van der Waals surface area contributed by atoms with Gasteiger partial charge >= 0.3 is 0 Å². The Hall–Kier alpha value is -0.280. The van der Waals surface area contributed by atoms with Crippen LogP contribution in [0, 0.1) is 5.92 Å². The van der Waals surface area contributed by atoms with Gasteiger partial charge in [0.15, 0.2) is 0 Å². The number of halogens is 2. The van der Waals surface area contributed by atoms with E-state index in [0.717, 1.165) is 12.8 Å². The standard InChI is InChI=1S/C14H18Cl2O2/c1-9-4-6-14(18,7-5-9)13(17)10-2-3-11(15)12(16)8-10/h2-3,8-9,13,17-18H,4-7H2,1H3. The third-order valence-electron chi connectivity index (χ3n) is 3.91. The zero-order valence-corrected chi connectivity index (χ0v) is 11.9. The molecule has 1 saturated carbocycles. The van der Waals surface area contributed by atoms with Gasteiger partial charge in [0.2, 0.25) is 0 Å². The second kappa shape index (κ2) is 5.38. The van der Waals surface area contributed by atoms with Crippen LogP contribution in [0.5, 0.6) is 0 Å². The Bertz CT molecular complexity index is 426. The Morgan fingerprint density at radius 3 is 2.39 bits per heavy atom. The van der Waals surface area contributed by atoms with Crippen LogP contribution in [0.25, 0.3) is 0 Å². The van der Waals surface area contributed by atoms with E-state index in [9.17, 15) is 10.2 Å². The van der Waals surface area contributed by atoms with E-state index in [1.54, 1.807) is 18.2 Å². The molecule has 1 aliphatic rings. The van der Waals surface area contributed by atoms with Gasteiger partial charge in [0.25, 0.3) is 0 Å². The van der Waals surface area contributed by atoms with Gasteiger partial charge in [-0.05, 0) is 49.3 Å². The highest BCUT2D eigenvalue weighted by Gasteiger charge is 2.39. The third-order valence-corrected chi connectivity index (χ3v) is 4.65. The molecule has 1 unspecified atom stereocenters. The predicted molar refractivity (Wildman–Crippen MR) is 74.0 cm³/mol. The van der Waals surface area contributed by atoms with Crippen molar-refractivity contribution in [3.05, 3.63) is 33.8 Å². The number of aliphatic hydroxyl groups is 2. The zero-order chi connectivity index (χ0) is 13.3. The van der Waals surface area contributed by atoms with Crippen LogP contribution in [-0.2, 0) is 0 Å². The van der Waals surface area contributed by atoms with Gasteiger partial charge in [-0.25, -0.2) is 0 Å². The minimum absolute atomic E-state index is 0.404. The van der Waals surface area contributed by atoms with Crippen molar-refractivity contribution in [2.45, 2.75) is 44.3 Å². The van der Waals surface area contributed by atoms with Crippen LogP contribution >= 0.6 is 23.2 Å². The Balaban J connectivity index is 2.19. The molecular formula is C14H18Cl2O2. The van der Waals surface area contributed by atoms with Gasteiger partial charge in [0.05, 0.1) is 15.6 Å². The van der Waals surface area contributed by atoms with E-state index in [-0.39, 0.29) is 0 Å². The molecular weight excluding hydrogens is 271 g/mol. The maximum Gasteiger partial charge on any atom is 0.108 e. The topological polar surface area (TPSA) is 40.5 Å². The van der Waals surface area contributed by atoms with Crippen molar-refractivity contribution >= 4 is 23.2 Å². The maximum atomic E-state index is 10.5. The molecule has 0 heterocycles. The molecule has 1 aromatic carbocycles.